The molecule has 0 unspecified atom stereocenters. The first kappa shape index (κ1) is 34.0. The number of amides is 2. The van der Waals surface area contributed by atoms with Gasteiger partial charge in [-0.3, -0.25) is 14.4 Å². The van der Waals surface area contributed by atoms with E-state index in [2.05, 4.69) is 10.2 Å². The van der Waals surface area contributed by atoms with Crippen LogP contribution in [0, 0.1) is 17.0 Å². The maximum absolute atomic E-state index is 14.3. The van der Waals surface area contributed by atoms with Gasteiger partial charge < -0.3 is 19.9 Å². The van der Waals surface area contributed by atoms with Gasteiger partial charge in [-0.25, -0.2) is 13.8 Å². The summed E-state index contributed by atoms with van der Waals surface area (Å²) in [6, 6.07) is 16.3. The van der Waals surface area contributed by atoms with Crippen molar-refractivity contribution in [3.63, 3.8) is 0 Å². The number of ether oxygens (including phenoxy) is 1. The van der Waals surface area contributed by atoms with E-state index in [9.17, 15) is 23.2 Å². The molecule has 53 heavy (non-hydrogen) atoms. The summed E-state index contributed by atoms with van der Waals surface area (Å²) in [5, 5.41) is 4.98. The standard InChI is InChI=1S/C41H36F2N4O4S2/c42-30-4-2-5-31(43)28(30)21-34(48)35-20-26-11-15-47(33-12-18-52-37(33)36(26)53-35)40(50)24-7-9-27(10-8-24)44-39(49)29-19-25-3-1-6-32(25)45-38(29)46-22-41(23-46)13-16-51-17-14-41/h2,4-5,7-10,12,18-20H,1,3,6,11,13-17,21-23H2,(H,44,49). The van der Waals surface area contributed by atoms with Crippen LogP contribution in [0.4, 0.5) is 26.0 Å². The summed E-state index contributed by atoms with van der Waals surface area (Å²) in [6.07, 6.45) is 5.11. The van der Waals surface area contributed by atoms with E-state index in [1.807, 2.05) is 17.5 Å². The normalized spacial score (nSPS) is 17.1. The third kappa shape index (κ3) is 6.26. The van der Waals surface area contributed by atoms with Crippen molar-refractivity contribution in [3.05, 3.63) is 116 Å². The monoisotopic (exact) mass is 750 g/mol. The van der Waals surface area contributed by atoms with Gasteiger partial charge in [-0.1, -0.05) is 6.07 Å². The number of fused-ring (bicyclic) bond motifs is 4. The zero-order valence-corrected chi connectivity index (χ0v) is 30.5. The molecule has 9 rings (SSSR count). The van der Waals surface area contributed by atoms with Crippen LogP contribution in [-0.4, -0.2) is 55.4 Å². The van der Waals surface area contributed by atoms with Crippen molar-refractivity contribution in [1.29, 1.82) is 0 Å². The Morgan fingerprint density at radius 2 is 1.68 bits per heavy atom. The van der Waals surface area contributed by atoms with Crippen LogP contribution in [0.5, 0.6) is 0 Å². The fourth-order valence-corrected chi connectivity index (χ4v) is 10.3. The van der Waals surface area contributed by atoms with Crippen LogP contribution < -0.4 is 15.1 Å². The van der Waals surface area contributed by atoms with E-state index in [0.717, 1.165) is 109 Å². The van der Waals surface area contributed by atoms with Gasteiger partial charge in [0.1, 0.15) is 17.5 Å². The van der Waals surface area contributed by atoms with Gasteiger partial charge in [0.05, 0.1) is 25.9 Å². The first-order valence-corrected chi connectivity index (χ1v) is 19.7. The van der Waals surface area contributed by atoms with Crippen molar-refractivity contribution < 1.29 is 27.9 Å². The second-order valence-corrected chi connectivity index (χ2v) is 16.4. The lowest BCUT2D eigenvalue weighted by atomic mass is 9.73. The molecule has 8 nitrogen and oxygen atoms in total. The van der Waals surface area contributed by atoms with Gasteiger partial charge in [-0.2, -0.15) is 0 Å². The molecular weight excluding hydrogens is 715 g/mol. The molecule has 0 saturated carbocycles. The van der Waals surface area contributed by atoms with E-state index >= 15 is 0 Å². The van der Waals surface area contributed by atoms with Crippen molar-refractivity contribution in [2.75, 3.05) is 48.0 Å². The molecule has 12 heteroatoms. The number of hydrogen-bond donors (Lipinski definition) is 1. The van der Waals surface area contributed by atoms with Crippen LogP contribution in [0.2, 0.25) is 0 Å². The van der Waals surface area contributed by atoms with Crippen LogP contribution in [0.1, 0.15) is 72.0 Å². The molecule has 4 aliphatic rings. The number of anilines is 3. The molecule has 2 fully saturated rings. The summed E-state index contributed by atoms with van der Waals surface area (Å²) in [4.78, 5) is 52.1. The number of nitrogens with one attached hydrogen (secondary N) is 1. The van der Waals surface area contributed by atoms with E-state index < -0.39 is 11.6 Å². The van der Waals surface area contributed by atoms with Gasteiger partial charge in [-0.15, -0.1) is 22.7 Å². The molecule has 0 bridgehead atoms. The Morgan fingerprint density at radius 1 is 0.906 bits per heavy atom. The Labute approximate surface area is 313 Å². The van der Waals surface area contributed by atoms with Gasteiger partial charge in [0, 0.05) is 67.2 Å². The first-order valence-electron chi connectivity index (χ1n) is 18.0. The Hall–Kier alpha value is -4.78. The number of halogens is 2. The third-order valence-electron chi connectivity index (χ3n) is 11.0. The zero-order valence-electron chi connectivity index (χ0n) is 28.9. The van der Waals surface area contributed by atoms with Crippen LogP contribution in [0.15, 0.2) is 66.0 Å². The number of pyridine rings is 1. The molecule has 1 spiro atoms. The Morgan fingerprint density at radius 3 is 2.45 bits per heavy atom. The lowest BCUT2D eigenvalue weighted by Crippen LogP contribution is -2.59. The van der Waals surface area contributed by atoms with E-state index in [4.69, 9.17) is 9.72 Å². The average molecular weight is 751 g/mol. The van der Waals surface area contributed by atoms with Crippen molar-refractivity contribution in [2.45, 2.75) is 44.9 Å². The molecule has 0 radical (unpaired) electrons. The smallest absolute Gasteiger partial charge is 0.259 e. The molecule has 1 N–H and O–H groups in total. The molecule has 2 amide bonds. The predicted molar refractivity (Wildman–Crippen MR) is 203 cm³/mol. The van der Waals surface area contributed by atoms with Crippen molar-refractivity contribution in [1.82, 2.24) is 4.98 Å². The minimum absolute atomic E-state index is 0.172. The number of carbonyl (C=O) groups is 3. The fourth-order valence-electron chi connectivity index (χ4n) is 8.10. The third-order valence-corrected chi connectivity index (χ3v) is 13.3. The number of carbonyl (C=O) groups excluding carboxylic acids is 3. The van der Waals surface area contributed by atoms with Crippen LogP contribution in [0.3, 0.4) is 0 Å². The van der Waals surface area contributed by atoms with Crippen LogP contribution in [0.25, 0.3) is 9.75 Å². The maximum atomic E-state index is 14.3. The van der Waals surface area contributed by atoms with Crippen molar-refractivity contribution in [2.24, 2.45) is 5.41 Å². The van der Waals surface area contributed by atoms with Gasteiger partial charge in [0.15, 0.2) is 5.78 Å². The van der Waals surface area contributed by atoms with Crippen LogP contribution >= 0.6 is 22.7 Å². The molecule has 5 aromatic rings. The topological polar surface area (TPSA) is 91.8 Å². The molecule has 0 atom stereocenters. The number of rotatable bonds is 7. The van der Waals surface area contributed by atoms with E-state index in [1.165, 1.54) is 28.7 Å². The van der Waals surface area contributed by atoms with Crippen LogP contribution in [-0.2, 0) is 30.4 Å². The summed E-state index contributed by atoms with van der Waals surface area (Å²) < 4.78 is 34.1. The minimum Gasteiger partial charge on any atom is -0.381 e. The van der Waals surface area contributed by atoms with Gasteiger partial charge in [0.25, 0.3) is 11.8 Å². The van der Waals surface area contributed by atoms with Gasteiger partial charge >= 0.3 is 0 Å². The Bertz CT molecular complexity index is 2250. The zero-order chi connectivity index (χ0) is 36.3. The number of thiophene rings is 2. The number of hydrogen-bond acceptors (Lipinski definition) is 8. The predicted octanol–water partition coefficient (Wildman–Crippen LogP) is 8.14. The molecular formula is C41H36F2N4O4S2. The molecule has 1 aliphatic carbocycles. The summed E-state index contributed by atoms with van der Waals surface area (Å²) in [6.45, 7) is 3.71. The molecule has 2 aromatic carbocycles. The number of benzene rings is 2. The van der Waals surface area contributed by atoms with E-state index in [-0.39, 0.29) is 35.0 Å². The van der Waals surface area contributed by atoms with E-state index in [1.54, 1.807) is 35.2 Å². The highest BCUT2D eigenvalue weighted by molar-refractivity contribution is 7.23. The minimum atomic E-state index is -0.738. The Kier molecular flexibility index (Phi) is 8.71. The second kappa shape index (κ2) is 13.6. The van der Waals surface area contributed by atoms with Crippen molar-refractivity contribution in [3.8, 4) is 9.75 Å². The highest BCUT2D eigenvalue weighted by Crippen LogP contribution is 2.46. The number of ketones is 1. The SMILES string of the molecule is O=C(Cc1c(F)cccc1F)c1cc2c(s1)-c1sccc1N(C(=O)c1ccc(NC(=O)c3cc4c(nc3N3CC5(CCOCC5)C3)CCC4)cc1)CC2. The molecule has 3 aromatic heterocycles. The number of Topliss-reactive ketones (excluding diaryl/α,β-unsaturated/α-hetero) is 1. The quantitative estimate of drug-likeness (QED) is 0.169. The largest absolute Gasteiger partial charge is 0.381 e. The highest BCUT2D eigenvalue weighted by Gasteiger charge is 2.45. The second-order valence-electron chi connectivity index (χ2n) is 14.4. The molecule has 6 heterocycles. The fraction of sp³-hybridized carbons (Fsp3) is 0.317. The van der Waals surface area contributed by atoms with E-state index in [0.29, 0.717) is 34.7 Å². The summed E-state index contributed by atoms with van der Waals surface area (Å²) >= 11 is 2.78. The van der Waals surface area contributed by atoms with Gasteiger partial charge in [0.2, 0.25) is 0 Å². The lowest BCUT2D eigenvalue weighted by Gasteiger charge is -2.53. The summed E-state index contributed by atoms with van der Waals surface area (Å²) in [5.41, 5.74) is 5.57. The number of aromatic nitrogens is 1. The highest BCUT2D eigenvalue weighted by atomic mass is 32.1. The number of aryl methyl sites for hydroxylation is 2. The summed E-state index contributed by atoms with van der Waals surface area (Å²) in [7, 11) is 0. The average Bonchev–Trinajstić information content (AvgIpc) is 3.91. The molecule has 2 saturated heterocycles. The molecule has 270 valence electrons. The number of nitrogens with zero attached hydrogens (tertiary/aromatic N) is 3. The van der Waals surface area contributed by atoms with Crippen molar-refractivity contribution >= 4 is 57.5 Å². The molecule has 3 aliphatic heterocycles. The summed E-state index contributed by atoms with van der Waals surface area (Å²) in [5.74, 6) is -1.46. The lowest BCUT2D eigenvalue weighted by molar-refractivity contribution is -0.000521. The maximum Gasteiger partial charge on any atom is 0.259 e. The Balaban J connectivity index is 0.903. The first-order chi connectivity index (χ1) is 25.7. The van der Waals surface area contributed by atoms with Gasteiger partial charge in [-0.05, 0) is 110 Å².